The third-order valence-electron chi connectivity index (χ3n) is 5.84. The Morgan fingerprint density at radius 2 is 2.00 bits per heavy atom. The highest BCUT2D eigenvalue weighted by Crippen LogP contribution is 2.28. The fourth-order valence-corrected chi connectivity index (χ4v) is 3.93. The summed E-state index contributed by atoms with van der Waals surface area (Å²) in [6.07, 6.45) is 3.45. The predicted octanol–water partition coefficient (Wildman–Crippen LogP) is 2.03. The first-order chi connectivity index (χ1) is 13.7. The molecule has 8 heteroatoms. The Balaban J connectivity index is 1.44. The number of nitrogens with one attached hydrogen (secondary N) is 1. The van der Waals surface area contributed by atoms with Crippen LogP contribution in [0, 0.1) is 0 Å². The van der Waals surface area contributed by atoms with E-state index in [1.807, 2.05) is 22.1 Å². The van der Waals surface area contributed by atoms with E-state index < -0.39 is 0 Å². The molecule has 2 aliphatic rings. The number of likely N-dealkylation sites (tertiary alicyclic amines) is 1. The molecule has 154 valence electrons. The topological polar surface area (TPSA) is 95.1 Å². The molecule has 1 fully saturated rings. The van der Waals surface area contributed by atoms with Gasteiger partial charge in [-0.15, -0.1) is 0 Å². The van der Waals surface area contributed by atoms with E-state index >= 15 is 0 Å². The number of aromatic amines is 1. The summed E-state index contributed by atoms with van der Waals surface area (Å²) in [5.74, 6) is 0.968. The van der Waals surface area contributed by atoms with Gasteiger partial charge in [-0.1, -0.05) is 20.8 Å². The molecule has 0 saturated carbocycles. The van der Waals surface area contributed by atoms with Crippen LogP contribution in [0.3, 0.4) is 0 Å². The third-order valence-corrected chi connectivity index (χ3v) is 5.84. The van der Waals surface area contributed by atoms with Crippen molar-refractivity contribution < 1.29 is 9.59 Å². The molecule has 2 amide bonds. The lowest BCUT2D eigenvalue weighted by Crippen LogP contribution is -2.35. The number of nitrogens with zero attached hydrogens (tertiary/aromatic N) is 5. The summed E-state index contributed by atoms with van der Waals surface area (Å²) in [7, 11) is 0. The lowest BCUT2D eigenvalue weighted by atomic mass is 9.92. The average molecular weight is 396 g/mol. The number of hydrogen-bond acceptors (Lipinski definition) is 5. The summed E-state index contributed by atoms with van der Waals surface area (Å²) in [6.45, 7) is 10.4. The molecular formula is C21H28N6O2. The molecule has 1 unspecified atom stereocenters. The smallest absolute Gasteiger partial charge is 0.274 e. The van der Waals surface area contributed by atoms with Crippen molar-refractivity contribution in [3.63, 3.8) is 0 Å². The Kier molecular flexibility index (Phi) is 4.88. The van der Waals surface area contributed by atoms with Gasteiger partial charge in [-0.3, -0.25) is 14.7 Å². The molecule has 0 aliphatic carbocycles. The summed E-state index contributed by atoms with van der Waals surface area (Å²) in [6, 6.07) is 1.85. The molecule has 1 atom stereocenters. The van der Waals surface area contributed by atoms with Crippen LogP contribution in [0.5, 0.6) is 0 Å². The quantitative estimate of drug-likeness (QED) is 0.838. The maximum absolute atomic E-state index is 12.9. The Morgan fingerprint density at radius 1 is 1.21 bits per heavy atom. The van der Waals surface area contributed by atoms with E-state index in [0.29, 0.717) is 31.9 Å². The summed E-state index contributed by atoms with van der Waals surface area (Å²) < 4.78 is 0. The van der Waals surface area contributed by atoms with Gasteiger partial charge in [0.25, 0.3) is 5.91 Å². The fraction of sp³-hybridized carbons (Fsp3) is 0.571. The maximum Gasteiger partial charge on any atom is 0.274 e. The molecule has 0 bridgehead atoms. The highest BCUT2D eigenvalue weighted by molar-refractivity contribution is 5.92. The van der Waals surface area contributed by atoms with Crippen LogP contribution in [-0.4, -0.2) is 61.4 Å². The molecule has 29 heavy (non-hydrogen) atoms. The van der Waals surface area contributed by atoms with E-state index in [0.717, 1.165) is 35.6 Å². The second-order valence-corrected chi connectivity index (χ2v) is 9.04. The lowest BCUT2D eigenvalue weighted by molar-refractivity contribution is -0.129. The SMILES string of the molecule is CC(=O)N1CCc2nc(C3CCN(C(=O)c4cc(C(C)(C)C)[nH]n4)C3)ncc2C1. The van der Waals surface area contributed by atoms with Crippen molar-refractivity contribution in [3.8, 4) is 0 Å². The minimum atomic E-state index is -0.0754. The van der Waals surface area contributed by atoms with Crippen LogP contribution in [0.15, 0.2) is 12.3 Å². The normalized spacial score (nSPS) is 19.4. The van der Waals surface area contributed by atoms with E-state index in [-0.39, 0.29) is 23.1 Å². The van der Waals surface area contributed by atoms with E-state index in [4.69, 9.17) is 4.98 Å². The van der Waals surface area contributed by atoms with Crippen molar-refractivity contribution in [2.24, 2.45) is 0 Å². The largest absolute Gasteiger partial charge is 0.338 e. The number of carbonyl (C=O) groups is 2. The molecule has 1 saturated heterocycles. The molecule has 2 aromatic heterocycles. The molecule has 0 spiro atoms. The number of aromatic nitrogens is 4. The zero-order chi connectivity index (χ0) is 20.8. The fourth-order valence-electron chi connectivity index (χ4n) is 3.93. The van der Waals surface area contributed by atoms with Crippen LogP contribution in [0.2, 0.25) is 0 Å². The van der Waals surface area contributed by atoms with Crippen molar-refractivity contribution in [2.45, 2.75) is 58.4 Å². The second-order valence-electron chi connectivity index (χ2n) is 9.04. The van der Waals surface area contributed by atoms with E-state index in [2.05, 4.69) is 36.0 Å². The zero-order valence-corrected chi connectivity index (χ0v) is 17.5. The van der Waals surface area contributed by atoms with Gasteiger partial charge in [0.05, 0.1) is 5.69 Å². The molecular weight excluding hydrogens is 368 g/mol. The van der Waals surface area contributed by atoms with Gasteiger partial charge in [-0.05, 0) is 12.5 Å². The minimum absolute atomic E-state index is 0.0469. The minimum Gasteiger partial charge on any atom is -0.338 e. The first kappa shape index (κ1) is 19.5. The van der Waals surface area contributed by atoms with Crippen molar-refractivity contribution >= 4 is 11.8 Å². The Labute approximate surface area is 170 Å². The molecule has 4 heterocycles. The monoisotopic (exact) mass is 396 g/mol. The van der Waals surface area contributed by atoms with Gasteiger partial charge in [-0.25, -0.2) is 9.97 Å². The molecule has 1 N–H and O–H groups in total. The Hall–Kier alpha value is -2.77. The lowest BCUT2D eigenvalue weighted by Gasteiger charge is -2.27. The molecule has 2 aliphatic heterocycles. The van der Waals surface area contributed by atoms with Crippen LogP contribution in [0.25, 0.3) is 0 Å². The molecule has 0 radical (unpaired) electrons. The van der Waals surface area contributed by atoms with Crippen molar-refractivity contribution in [2.75, 3.05) is 19.6 Å². The van der Waals surface area contributed by atoms with Gasteiger partial charge >= 0.3 is 0 Å². The van der Waals surface area contributed by atoms with E-state index in [1.54, 1.807) is 6.92 Å². The highest BCUT2D eigenvalue weighted by atomic mass is 16.2. The number of hydrogen-bond donors (Lipinski definition) is 1. The van der Waals surface area contributed by atoms with Crippen LogP contribution in [0.4, 0.5) is 0 Å². The van der Waals surface area contributed by atoms with Gasteiger partial charge in [0.1, 0.15) is 11.5 Å². The summed E-state index contributed by atoms with van der Waals surface area (Å²) in [5.41, 5.74) is 3.39. The number of H-pyrrole nitrogens is 1. The van der Waals surface area contributed by atoms with Gasteiger partial charge in [-0.2, -0.15) is 5.10 Å². The van der Waals surface area contributed by atoms with Gasteiger partial charge < -0.3 is 9.80 Å². The Morgan fingerprint density at radius 3 is 2.69 bits per heavy atom. The first-order valence-electron chi connectivity index (χ1n) is 10.2. The van der Waals surface area contributed by atoms with Crippen LogP contribution >= 0.6 is 0 Å². The molecule has 4 rings (SSSR count). The number of carbonyl (C=O) groups excluding carboxylic acids is 2. The average Bonchev–Trinajstić information content (AvgIpc) is 3.36. The van der Waals surface area contributed by atoms with Gasteiger partial charge in [0, 0.05) is 68.3 Å². The first-order valence-corrected chi connectivity index (χ1v) is 10.2. The van der Waals surface area contributed by atoms with Crippen molar-refractivity contribution in [1.82, 2.24) is 30.0 Å². The maximum atomic E-state index is 12.9. The Bertz CT molecular complexity index is 945. The molecule has 0 aromatic carbocycles. The van der Waals surface area contributed by atoms with Crippen molar-refractivity contribution in [1.29, 1.82) is 0 Å². The summed E-state index contributed by atoms with van der Waals surface area (Å²) >= 11 is 0. The molecule has 8 nitrogen and oxygen atoms in total. The van der Waals surface area contributed by atoms with Crippen LogP contribution in [0.1, 0.15) is 73.3 Å². The molecule has 2 aromatic rings. The summed E-state index contributed by atoms with van der Waals surface area (Å²) in [5, 5.41) is 7.21. The number of amides is 2. The predicted molar refractivity (Wildman–Crippen MR) is 107 cm³/mol. The summed E-state index contributed by atoms with van der Waals surface area (Å²) in [4.78, 5) is 37.5. The standard InChI is InChI=1S/C21H28N6O2/c1-13(28)26-8-6-16-15(12-26)10-22-19(23-16)14-5-7-27(11-14)20(29)17-9-18(25-24-17)21(2,3)4/h9-10,14H,5-8,11-12H2,1-4H3,(H,24,25). The van der Waals surface area contributed by atoms with E-state index in [1.165, 1.54) is 0 Å². The highest BCUT2D eigenvalue weighted by Gasteiger charge is 2.32. The zero-order valence-electron chi connectivity index (χ0n) is 17.5. The van der Waals surface area contributed by atoms with Crippen LogP contribution in [-0.2, 0) is 23.2 Å². The van der Waals surface area contributed by atoms with E-state index in [9.17, 15) is 9.59 Å². The second kappa shape index (κ2) is 7.24. The number of rotatable bonds is 2. The van der Waals surface area contributed by atoms with Gasteiger partial charge in [0.15, 0.2) is 0 Å². The third kappa shape index (κ3) is 3.88. The van der Waals surface area contributed by atoms with Crippen molar-refractivity contribution in [3.05, 3.63) is 40.7 Å². The van der Waals surface area contributed by atoms with Gasteiger partial charge in [0.2, 0.25) is 5.91 Å². The number of fused-ring (bicyclic) bond motifs is 1. The van der Waals surface area contributed by atoms with Crippen LogP contribution < -0.4 is 0 Å².